The van der Waals surface area contributed by atoms with Crippen molar-refractivity contribution in [3.8, 4) is 0 Å². The van der Waals surface area contributed by atoms with Crippen molar-refractivity contribution in [2.75, 3.05) is 5.75 Å². The van der Waals surface area contributed by atoms with E-state index in [4.69, 9.17) is 0 Å². The Balaban J connectivity index is 1.98. The van der Waals surface area contributed by atoms with Gasteiger partial charge in [0.1, 0.15) is 5.25 Å². The SMILES string of the molecule is O=C(O)C(Cc1ccccc1)S(=O)CC1CCC1. The Morgan fingerprint density at radius 2 is 2.00 bits per heavy atom. The summed E-state index contributed by atoms with van der Waals surface area (Å²) in [5.74, 6) is 0.0732. The molecule has 2 rings (SSSR count). The zero-order valence-electron chi connectivity index (χ0n) is 10.2. The van der Waals surface area contributed by atoms with E-state index in [9.17, 15) is 14.1 Å². The fourth-order valence-electron chi connectivity index (χ4n) is 2.13. The Hall–Kier alpha value is -1.16. The van der Waals surface area contributed by atoms with Gasteiger partial charge in [-0.3, -0.25) is 9.00 Å². The summed E-state index contributed by atoms with van der Waals surface area (Å²) in [5, 5.41) is 8.45. The van der Waals surface area contributed by atoms with Gasteiger partial charge in [-0.05, 0) is 30.7 Å². The molecule has 2 atom stereocenters. The molecule has 0 aromatic heterocycles. The molecule has 1 aliphatic carbocycles. The molecule has 0 radical (unpaired) electrons. The molecule has 98 valence electrons. The minimum Gasteiger partial charge on any atom is -0.480 e. The van der Waals surface area contributed by atoms with E-state index < -0.39 is 22.0 Å². The lowest BCUT2D eigenvalue weighted by molar-refractivity contribution is -0.136. The van der Waals surface area contributed by atoms with Gasteiger partial charge in [-0.25, -0.2) is 0 Å². The van der Waals surface area contributed by atoms with Crippen molar-refractivity contribution < 1.29 is 14.1 Å². The maximum Gasteiger partial charge on any atom is 0.319 e. The lowest BCUT2D eigenvalue weighted by Crippen LogP contribution is -2.33. The summed E-state index contributed by atoms with van der Waals surface area (Å²) >= 11 is 0. The van der Waals surface area contributed by atoms with Crippen LogP contribution in [-0.4, -0.2) is 26.3 Å². The zero-order chi connectivity index (χ0) is 13.0. The van der Waals surface area contributed by atoms with Crippen LogP contribution >= 0.6 is 0 Å². The summed E-state index contributed by atoms with van der Waals surface area (Å²) in [5.41, 5.74) is 0.937. The highest BCUT2D eigenvalue weighted by atomic mass is 32.2. The van der Waals surface area contributed by atoms with Gasteiger partial charge in [-0.15, -0.1) is 0 Å². The average Bonchev–Trinajstić information content (AvgIpc) is 2.31. The fourth-order valence-corrected chi connectivity index (χ4v) is 3.76. The van der Waals surface area contributed by atoms with E-state index in [2.05, 4.69) is 0 Å². The van der Waals surface area contributed by atoms with Crippen LogP contribution < -0.4 is 0 Å². The first-order valence-electron chi connectivity index (χ1n) is 6.30. The van der Waals surface area contributed by atoms with E-state index in [1.165, 1.54) is 6.42 Å². The summed E-state index contributed by atoms with van der Waals surface area (Å²) < 4.78 is 12.1. The van der Waals surface area contributed by atoms with Crippen molar-refractivity contribution >= 4 is 16.8 Å². The predicted octanol–water partition coefficient (Wildman–Crippen LogP) is 2.23. The third-order valence-electron chi connectivity index (χ3n) is 3.48. The molecule has 0 heterocycles. The van der Waals surface area contributed by atoms with Crippen LogP contribution in [0, 0.1) is 5.92 Å². The molecule has 1 aromatic rings. The van der Waals surface area contributed by atoms with Crippen LogP contribution in [-0.2, 0) is 22.0 Å². The van der Waals surface area contributed by atoms with Gasteiger partial charge in [0.2, 0.25) is 0 Å². The molecule has 1 N–H and O–H groups in total. The minimum atomic E-state index is -1.27. The first-order chi connectivity index (χ1) is 8.66. The topological polar surface area (TPSA) is 54.4 Å². The number of hydrogen-bond donors (Lipinski definition) is 1. The lowest BCUT2D eigenvalue weighted by atomic mass is 9.87. The van der Waals surface area contributed by atoms with Gasteiger partial charge in [-0.2, -0.15) is 0 Å². The van der Waals surface area contributed by atoms with Crippen LogP contribution in [0.3, 0.4) is 0 Å². The smallest absolute Gasteiger partial charge is 0.319 e. The van der Waals surface area contributed by atoms with Crippen LogP contribution in [0.25, 0.3) is 0 Å². The Bertz CT molecular complexity index is 426. The van der Waals surface area contributed by atoms with Crippen LogP contribution in [0.15, 0.2) is 30.3 Å². The van der Waals surface area contributed by atoms with E-state index in [1.807, 2.05) is 30.3 Å². The second-order valence-electron chi connectivity index (χ2n) is 4.86. The van der Waals surface area contributed by atoms with Crippen molar-refractivity contribution in [3.05, 3.63) is 35.9 Å². The third kappa shape index (κ3) is 3.42. The molecule has 4 heteroatoms. The lowest BCUT2D eigenvalue weighted by Gasteiger charge is -2.26. The number of carboxylic acids is 1. The predicted molar refractivity (Wildman–Crippen MR) is 71.9 cm³/mol. The van der Waals surface area contributed by atoms with E-state index in [-0.39, 0.29) is 0 Å². The summed E-state index contributed by atoms with van der Waals surface area (Å²) in [6, 6.07) is 9.42. The molecule has 18 heavy (non-hydrogen) atoms. The minimum absolute atomic E-state index is 0.357. The highest BCUT2D eigenvalue weighted by Crippen LogP contribution is 2.28. The van der Waals surface area contributed by atoms with Gasteiger partial charge < -0.3 is 5.11 Å². The molecule has 1 aromatic carbocycles. The van der Waals surface area contributed by atoms with Crippen molar-refractivity contribution in [1.29, 1.82) is 0 Å². The number of benzene rings is 1. The molecule has 1 fully saturated rings. The third-order valence-corrected chi connectivity index (χ3v) is 5.28. The molecule has 1 saturated carbocycles. The molecular weight excluding hydrogens is 248 g/mol. The van der Waals surface area contributed by atoms with Crippen molar-refractivity contribution in [1.82, 2.24) is 0 Å². The maximum atomic E-state index is 12.1. The molecule has 0 bridgehead atoms. The van der Waals surface area contributed by atoms with E-state index in [0.717, 1.165) is 18.4 Å². The molecule has 0 spiro atoms. The molecule has 3 nitrogen and oxygen atoms in total. The monoisotopic (exact) mass is 266 g/mol. The van der Waals surface area contributed by atoms with Gasteiger partial charge in [-0.1, -0.05) is 36.8 Å². The summed E-state index contributed by atoms with van der Waals surface area (Å²) in [4.78, 5) is 11.2. The van der Waals surface area contributed by atoms with E-state index in [0.29, 0.717) is 18.1 Å². The Morgan fingerprint density at radius 3 is 2.50 bits per heavy atom. The second-order valence-corrected chi connectivity index (χ2v) is 6.52. The molecule has 0 saturated heterocycles. The van der Waals surface area contributed by atoms with Crippen molar-refractivity contribution in [3.63, 3.8) is 0 Å². The standard InChI is InChI=1S/C14H18O3S/c15-14(16)13(9-11-5-2-1-3-6-11)18(17)10-12-7-4-8-12/h1-3,5-6,12-13H,4,7-10H2,(H,15,16). The number of carboxylic acid groups (broad SMARTS) is 1. The number of aliphatic carboxylic acids is 1. The molecule has 0 amide bonds. The first kappa shape index (κ1) is 13.3. The average molecular weight is 266 g/mol. The van der Waals surface area contributed by atoms with Gasteiger partial charge >= 0.3 is 5.97 Å². The van der Waals surface area contributed by atoms with Crippen LogP contribution in [0.2, 0.25) is 0 Å². The van der Waals surface area contributed by atoms with Gasteiger partial charge in [0.15, 0.2) is 0 Å². The highest BCUT2D eigenvalue weighted by Gasteiger charge is 2.29. The van der Waals surface area contributed by atoms with Crippen LogP contribution in [0.1, 0.15) is 24.8 Å². The second kappa shape index (κ2) is 6.14. The Morgan fingerprint density at radius 1 is 1.33 bits per heavy atom. The van der Waals surface area contributed by atoms with E-state index >= 15 is 0 Å². The van der Waals surface area contributed by atoms with Gasteiger partial charge in [0.25, 0.3) is 0 Å². The highest BCUT2D eigenvalue weighted by molar-refractivity contribution is 7.86. The number of hydrogen-bond acceptors (Lipinski definition) is 2. The van der Waals surface area contributed by atoms with Crippen molar-refractivity contribution in [2.45, 2.75) is 30.9 Å². The Kier molecular flexibility index (Phi) is 4.53. The van der Waals surface area contributed by atoms with E-state index in [1.54, 1.807) is 0 Å². The molecule has 2 unspecified atom stereocenters. The fraction of sp³-hybridized carbons (Fsp3) is 0.500. The quantitative estimate of drug-likeness (QED) is 0.859. The summed E-state index contributed by atoms with van der Waals surface area (Å²) in [7, 11) is -1.27. The zero-order valence-corrected chi connectivity index (χ0v) is 11.1. The largest absolute Gasteiger partial charge is 0.480 e. The normalized spacial score (nSPS) is 18.9. The first-order valence-corrected chi connectivity index (χ1v) is 7.69. The number of carbonyl (C=O) groups is 1. The van der Waals surface area contributed by atoms with Gasteiger partial charge in [0.05, 0.1) is 0 Å². The van der Waals surface area contributed by atoms with Crippen molar-refractivity contribution in [2.24, 2.45) is 5.92 Å². The van der Waals surface area contributed by atoms with Crippen LogP contribution in [0.4, 0.5) is 0 Å². The summed E-state index contributed by atoms with van der Waals surface area (Å²) in [6.07, 6.45) is 3.75. The number of rotatable bonds is 6. The van der Waals surface area contributed by atoms with Gasteiger partial charge in [0, 0.05) is 16.6 Å². The Labute approximate surface area is 110 Å². The van der Waals surface area contributed by atoms with Crippen LogP contribution in [0.5, 0.6) is 0 Å². The summed E-state index contributed by atoms with van der Waals surface area (Å²) in [6.45, 7) is 0. The molecule has 1 aliphatic rings. The maximum absolute atomic E-state index is 12.1. The molecular formula is C14H18O3S. The molecule has 0 aliphatic heterocycles.